The summed E-state index contributed by atoms with van der Waals surface area (Å²) in [6.07, 6.45) is 3.81. The molecule has 1 aliphatic rings. The molecule has 0 aliphatic heterocycles. The fraction of sp³-hybridized carbons (Fsp3) is 0.500. The molecule has 0 amide bonds. The lowest BCUT2D eigenvalue weighted by molar-refractivity contribution is -0.143. The molecule has 0 spiro atoms. The smallest absolute Gasteiger partial charge is 0.306 e. The zero-order valence-corrected chi connectivity index (χ0v) is 12.1. The summed E-state index contributed by atoms with van der Waals surface area (Å²) in [6, 6.07) is 5.24. The van der Waals surface area contributed by atoms with E-state index in [9.17, 15) is 9.59 Å². The maximum absolute atomic E-state index is 11.2. The predicted octanol–water partition coefficient (Wildman–Crippen LogP) is 2.78. The lowest BCUT2D eigenvalue weighted by atomic mass is 9.82. The molecule has 5 nitrogen and oxygen atoms in total. The first kappa shape index (κ1) is 15.4. The maximum Gasteiger partial charge on any atom is 0.306 e. The van der Waals surface area contributed by atoms with Crippen molar-refractivity contribution >= 4 is 12.3 Å². The average molecular weight is 292 g/mol. The Morgan fingerprint density at radius 3 is 2.52 bits per heavy atom. The second kappa shape index (κ2) is 7.11. The fourth-order valence-corrected chi connectivity index (χ4v) is 2.73. The molecule has 0 aromatic heterocycles. The third-order valence-corrected chi connectivity index (χ3v) is 4.03. The molecule has 1 aromatic carbocycles. The van der Waals surface area contributed by atoms with Crippen LogP contribution >= 0.6 is 0 Å². The highest BCUT2D eigenvalue weighted by atomic mass is 16.5. The van der Waals surface area contributed by atoms with Gasteiger partial charge in [-0.25, -0.2) is 0 Å². The van der Waals surface area contributed by atoms with Gasteiger partial charge in [0.25, 0.3) is 0 Å². The van der Waals surface area contributed by atoms with Crippen molar-refractivity contribution in [3.05, 3.63) is 23.8 Å². The lowest BCUT2D eigenvalue weighted by Crippen LogP contribution is -2.24. The van der Waals surface area contributed by atoms with E-state index >= 15 is 0 Å². The Hall–Kier alpha value is -2.04. The van der Waals surface area contributed by atoms with Gasteiger partial charge in [-0.15, -0.1) is 0 Å². The van der Waals surface area contributed by atoms with E-state index in [-0.39, 0.29) is 5.92 Å². The first-order valence-electron chi connectivity index (χ1n) is 7.13. The van der Waals surface area contributed by atoms with Gasteiger partial charge in [0.05, 0.1) is 25.2 Å². The normalized spacial score (nSPS) is 21.6. The molecule has 0 atom stereocenters. The maximum atomic E-state index is 11.2. The number of benzene rings is 1. The van der Waals surface area contributed by atoms with Crippen LogP contribution in [0.3, 0.4) is 0 Å². The van der Waals surface area contributed by atoms with Crippen LogP contribution in [-0.2, 0) is 4.79 Å². The van der Waals surface area contributed by atoms with Crippen molar-refractivity contribution in [3.63, 3.8) is 0 Å². The standard InChI is InChI=1S/C16H20O5/c1-20-14-3-2-4-15(13(14)9-17)21-10-11-5-7-12(8-6-11)16(18)19/h2-4,9,11-12H,5-8,10H2,1H3,(H,18,19). The SMILES string of the molecule is COc1cccc(OCC2CCC(C(=O)O)CC2)c1C=O. The Morgan fingerprint density at radius 2 is 1.95 bits per heavy atom. The van der Waals surface area contributed by atoms with Crippen LogP contribution in [0.15, 0.2) is 18.2 Å². The van der Waals surface area contributed by atoms with Crippen LogP contribution < -0.4 is 9.47 Å². The quantitative estimate of drug-likeness (QED) is 0.816. The van der Waals surface area contributed by atoms with Crippen LogP contribution in [0.1, 0.15) is 36.0 Å². The molecule has 0 heterocycles. The van der Waals surface area contributed by atoms with Crippen LogP contribution in [0.25, 0.3) is 0 Å². The number of carboxylic acid groups (broad SMARTS) is 1. The van der Waals surface area contributed by atoms with E-state index in [1.807, 2.05) is 0 Å². The van der Waals surface area contributed by atoms with Gasteiger partial charge < -0.3 is 14.6 Å². The number of carboxylic acids is 1. The van der Waals surface area contributed by atoms with E-state index in [0.717, 1.165) is 19.1 Å². The van der Waals surface area contributed by atoms with Gasteiger partial charge in [-0.05, 0) is 43.7 Å². The van der Waals surface area contributed by atoms with E-state index in [1.54, 1.807) is 18.2 Å². The predicted molar refractivity (Wildman–Crippen MR) is 77.0 cm³/mol. The highest BCUT2D eigenvalue weighted by Gasteiger charge is 2.26. The summed E-state index contributed by atoms with van der Waals surface area (Å²) in [5.74, 6) is 0.433. The third-order valence-electron chi connectivity index (χ3n) is 4.03. The van der Waals surface area contributed by atoms with Gasteiger partial charge in [0.15, 0.2) is 6.29 Å². The van der Waals surface area contributed by atoms with Crippen LogP contribution in [0.4, 0.5) is 0 Å². The average Bonchev–Trinajstić information content (AvgIpc) is 2.52. The van der Waals surface area contributed by atoms with Crippen molar-refractivity contribution in [1.82, 2.24) is 0 Å². The van der Waals surface area contributed by atoms with Crippen molar-refractivity contribution in [2.75, 3.05) is 13.7 Å². The zero-order valence-electron chi connectivity index (χ0n) is 12.1. The second-order valence-electron chi connectivity index (χ2n) is 5.36. The third kappa shape index (κ3) is 3.74. The zero-order chi connectivity index (χ0) is 15.2. The van der Waals surface area contributed by atoms with Gasteiger partial charge in [0.1, 0.15) is 11.5 Å². The van der Waals surface area contributed by atoms with Crippen LogP contribution in [0, 0.1) is 11.8 Å². The summed E-state index contributed by atoms with van der Waals surface area (Å²) in [4.78, 5) is 22.1. The fourth-order valence-electron chi connectivity index (χ4n) is 2.73. The molecule has 1 N–H and O–H groups in total. The van der Waals surface area contributed by atoms with Gasteiger partial charge in [0.2, 0.25) is 0 Å². The minimum atomic E-state index is -0.703. The molecule has 0 radical (unpaired) electrons. The van der Waals surface area contributed by atoms with Gasteiger partial charge >= 0.3 is 5.97 Å². The number of methoxy groups -OCH3 is 1. The van der Waals surface area contributed by atoms with E-state index in [4.69, 9.17) is 14.6 Å². The molecule has 0 bridgehead atoms. The topological polar surface area (TPSA) is 72.8 Å². The Labute approximate surface area is 123 Å². The van der Waals surface area contributed by atoms with Crippen molar-refractivity contribution in [3.8, 4) is 11.5 Å². The Bertz CT molecular complexity index is 503. The van der Waals surface area contributed by atoms with Crippen molar-refractivity contribution in [2.24, 2.45) is 11.8 Å². The number of ether oxygens (including phenoxy) is 2. The van der Waals surface area contributed by atoms with Crippen molar-refractivity contribution < 1.29 is 24.2 Å². The minimum Gasteiger partial charge on any atom is -0.496 e. The number of carbonyl (C=O) groups excluding carboxylic acids is 1. The van der Waals surface area contributed by atoms with Crippen molar-refractivity contribution in [1.29, 1.82) is 0 Å². The molecular weight excluding hydrogens is 272 g/mol. The number of hydrogen-bond acceptors (Lipinski definition) is 4. The number of carbonyl (C=O) groups is 2. The second-order valence-corrected chi connectivity index (χ2v) is 5.36. The Balaban J connectivity index is 1.92. The molecule has 0 saturated heterocycles. The van der Waals surface area contributed by atoms with Crippen LogP contribution in [-0.4, -0.2) is 31.1 Å². The van der Waals surface area contributed by atoms with Gasteiger partial charge in [0, 0.05) is 0 Å². The molecule has 1 aromatic rings. The molecule has 0 unspecified atom stereocenters. The molecule has 1 saturated carbocycles. The summed E-state index contributed by atoms with van der Waals surface area (Å²) >= 11 is 0. The molecule has 1 aliphatic carbocycles. The number of rotatable bonds is 6. The molecule has 1 fully saturated rings. The summed E-state index contributed by atoms with van der Waals surface area (Å²) in [5.41, 5.74) is 0.416. The highest BCUT2D eigenvalue weighted by molar-refractivity contribution is 5.83. The molecule has 114 valence electrons. The van der Waals surface area contributed by atoms with Gasteiger partial charge in [-0.3, -0.25) is 9.59 Å². The Morgan fingerprint density at radius 1 is 1.29 bits per heavy atom. The van der Waals surface area contributed by atoms with E-state index in [0.29, 0.717) is 42.4 Å². The summed E-state index contributed by atoms with van der Waals surface area (Å²) < 4.78 is 10.9. The van der Waals surface area contributed by atoms with Crippen LogP contribution in [0.2, 0.25) is 0 Å². The molecule has 5 heteroatoms. The minimum absolute atomic E-state index is 0.219. The van der Waals surface area contributed by atoms with Crippen molar-refractivity contribution in [2.45, 2.75) is 25.7 Å². The number of aldehydes is 1. The highest BCUT2D eigenvalue weighted by Crippen LogP contribution is 2.31. The summed E-state index contributed by atoms with van der Waals surface area (Å²) in [6.45, 7) is 0.500. The summed E-state index contributed by atoms with van der Waals surface area (Å²) in [5, 5.41) is 8.97. The van der Waals surface area contributed by atoms with E-state index in [1.165, 1.54) is 7.11 Å². The number of aliphatic carboxylic acids is 1. The number of hydrogen-bond donors (Lipinski definition) is 1. The first-order chi connectivity index (χ1) is 10.2. The summed E-state index contributed by atoms with van der Waals surface area (Å²) in [7, 11) is 1.51. The monoisotopic (exact) mass is 292 g/mol. The van der Waals surface area contributed by atoms with Gasteiger partial charge in [-0.2, -0.15) is 0 Å². The first-order valence-corrected chi connectivity index (χ1v) is 7.13. The molecule has 21 heavy (non-hydrogen) atoms. The van der Waals surface area contributed by atoms with E-state index < -0.39 is 5.97 Å². The van der Waals surface area contributed by atoms with Gasteiger partial charge in [-0.1, -0.05) is 6.07 Å². The molecular formula is C16H20O5. The Kier molecular flexibility index (Phi) is 5.20. The lowest BCUT2D eigenvalue weighted by Gasteiger charge is -2.26. The van der Waals surface area contributed by atoms with Crippen LogP contribution in [0.5, 0.6) is 11.5 Å². The molecule has 2 rings (SSSR count). The largest absolute Gasteiger partial charge is 0.496 e. The van der Waals surface area contributed by atoms with E-state index in [2.05, 4.69) is 0 Å².